The summed E-state index contributed by atoms with van der Waals surface area (Å²) in [4.78, 5) is 38.1. The molecule has 2 aromatic carbocycles. The fourth-order valence-electron chi connectivity index (χ4n) is 2.66. The summed E-state index contributed by atoms with van der Waals surface area (Å²) in [6.45, 7) is 5.57. The van der Waals surface area contributed by atoms with Crippen LogP contribution >= 0.6 is 0 Å². The van der Waals surface area contributed by atoms with E-state index in [1.54, 1.807) is 44.2 Å². The van der Waals surface area contributed by atoms with E-state index in [0.717, 1.165) is 11.1 Å². The second kappa shape index (κ2) is 11.9. The minimum Gasteiger partial charge on any atom is -0.449 e. The summed E-state index contributed by atoms with van der Waals surface area (Å²) in [7, 11) is 0. The van der Waals surface area contributed by atoms with Gasteiger partial charge in [-0.2, -0.15) is 10.3 Å². The van der Waals surface area contributed by atoms with Crippen molar-refractivity contribution < 1.29 is 23.9 Å². The SMILES string of the molecule is CCC(COC(=O)Nc1ccc(C)c(C#N)c1)COC(=O)Nc1ccc(C)c(N=C=O)c1. The number of aliphatic imine (C=N–C) groups is 1. The lowest BCUT2D eigenvalue weighted by atomic mass is 10.1. The van der Waals surface area contributed by atoms with Crippen LogP contribution in [0.3, 0.4) is 0 Å². The highest BCUT2D eigenvalue weighted by Crippen LogP contribution is 2.22. The summed E-state index contributed by atoms with van der Waals surface area (Å²) < 4.78 is 10.4. The van der Waals surface area contributed by atoms with Crippen molar-refractivity contribution in [2.45, 2.75) is 27.2 Å². The molecule has 0 bridgehead atoms. The van der Waals surface area contributed by atoms with Crippen LogP contribution in [-0.4, -0.2) is 31.5 Å². The molecule has 0 heterocycles. The standard InChI is InChI=1S/C23H24N4O5/c1-4-17(12-31-22(29)26-19-7-5-15(2)18(9-19)11-24)13-32-23(30)27-20-8-6-16(3)21(10-20)25-14-28/h5-10,17H,4,12-13H2,1-3H3,(H,26,29)(H,27,30). The lowest BCUT2D eigenvalue weighted by molar-refractivity contribution is 0.0963. The highest BCUT2D eigenvalue weighted by atomic mass is 16.6. The maximum absolute atomic E-state index is 12.1. The zero-order valence-electron chi connectivity index (χ0n) is 18.1. The predicted octanol–water partition coefficient (Wildman–Crippen LogP) is 4.97. The quantitative estimate of drug-likeness (QED) is 0.444. The molecule has 0 aromatic heterocycles. The second-order valence-electron chi connectivity index (χ2n) is 7.07. The minimum atomic E-state index is -0.679. The van der Waals surface area contributed by atoms with Crippen LogP contribution in [0.5, 0.6) is 0 Å². The van der Waals surface area contributed by atoms with Crippen LogP contribution in [-0.2, 0) is 14.3 Å². The van der Waals surface area contributed by atoms with Gasteiger partial charge in [-0.15, -0.1) is 0 Å². The number of ether oxygens (including phenoxy) is 2. The number of benzene rings is 2. The predicted molar refractivity (Wildman–Crippen MR) is 119 cm³/mol. The molecule has 1 unspecified atom stereocenters. The molecule has 0 spiro atoms. The van der Waals surface area contributed by atoms with Crippen molar-refractivity contribution in [3.63, 3.8) is 0 Å². The van der Waals surface area contributed by atoms with Gasteiger partial charge in [-0.3, -0.25) is 10.6 Å². The van der Waals surface area contributed by atoms with Crippen molar-refractivity contribution in [2.75, 3.05) is 23.8 Å². The highest BCUT2D eigenvalue weighted by Gasteiger charge is 2.14. The van der Waals surface area contributed by atoms with Gasteiger partial charge in [-0.1, -0.05) is 19.1 Å². The number of nitrogens with one attached hydrogen (secondary N) is 2. The van der Waals surface area contributed by atoms with Gasteiger partial charge in [-0.25, -0.2) is 14.4 Å². The number of amides is 2. The number of aryl methyl sites for hydroxylation is 2. The van der Waals surface area contributed by atoms with E-state index in [4.69, 9.17) is 14.7 Å². The number of hydrogen-bond donors (Lipinski definition) is 2. The van der Waals surface area contributed by atoms with Crippen molar-refractivity contribution in [1.82, 2.24) is 0 Å². The Morgan fingerprint density at radius 3 is 2.09 bits per heavy atom. The molecule has 1 atom stereocenters. The first-order valence-electron chi connectivity index (χ1n) is 9.93. The third kappa shape index (κ3) is 7.27. The Hall–Kier alpha value is -4.15. The van der Waals surface area contributed by atoms with Crippen LogP contribution < -0.4 is 10.6 Å². The number of rotatable bonds is 8. The van der Waals surface area contributed by atoms with Crippen molar-refractivity contribution in [3.8, 4) is 6.07 Å². The maximum Gasteiger partial charge on any atom is 0.411 e. The smallest absolute Gasteiger partial charge is 0.411 e. The fraction of sp³-hybridized carbons (Fsp3) is 0.304. The van der Waals surface area contributed by atoms with Gasteiger partial charge in [0.15, 0.2) is 0 Å². The Kier molecular flexibility index (Phi) is 8.96. The summed E-state index contributed by atoms with van der Waals surface area (Å²) in [6, 6.07) is 11.9. The summed E-state index contributed by atoms with van der Waals surface area (Å²) in [5.74, 6) is -0.201. The molecule has 32 heavy (non-hydrogen) atoms. The monoisotopic (exact) mass is 436 g/mol. The molecule has 0 fully saturated rings. The summed E-state index contributed by atoms with van der Waals surface area (Å²) >= 11 is 0. The second-order valence-corrected chi connectivity index (χ2v) is 7.07. The van der Waals surface area contributed by atoms with Crippen molar-refractivity contribution in [1.29, 1.82) is 5.26 Å². The van der Waals surface area contributed by atoms with E-state index in [-0.39, 0.29) is 19.1 Å². The molecule has 2 rings (SSSR count). The van der Waals surface area contributed by atoms with Gasteiger partial charge >= 0.3 is 12.2 Å². The third-order valence-electron chi connectivity index (χ3n) is 4.70. The van der Waals surface area contributed by atoms with E-state index in [2.05, 4.69) is 21.7 Å². The largest absolute Gasteiger partial charge is 0.449 e. The number of carbonyl (C=O) groups excluding carboxylic acids is 3. The molecule has 0 aliphatic rings. The van der Waals surface area contributed by atoms with E-state index in [9.17, 15) is 14.4 Å². The van der Waals surface area contributed by atoms with Gasteiger partial charge in [0.1, 0.15) is 0 Å². The molecular weight excluding hydrogens is 412 g/mol. The average molecular weight is 436 g/mol. The zero-order chi connectivity index (χ0) is 23.5. The molecule has 9 nitrogen and oxygen atoms in total. The van der Waals surface area contributed by atoms with Crippen LogP contribution in [0, 0.1) is 31.1 Å². The highest BCUT2D eigenvalue weighted by molar-refractivity contribution is 5.86. The lowest BCUT2D eigenvalue weighted by Crippen LogP contribution is -2.24. The van der Waals surface area contributed by atoms with Crippen LogP contribution in [0.2, 0.25) is 0 Å². The molecular formula is C23H24N4O5. The van der Waals surface area contributed by atoms with Gasteiger partial charge in [0.05, 0.1) is 30.5 Å². The van der Waals surface area contributed by atoms with E-state index in [1.165, 1.54) is 12.1 Å². The lowest BCUT2D eigenvalue weighted by Gasteiger charge is -2.16. The van der Waals surface area contributed by atoms with Crippen molar-refractivity contribution >= 4 is 35.3 Å². The van der Waals surface area contributed by atoms with E-state index in [1.807, 2.05) is 6.92 Å². The first-order chi connectivity index (χ1) is 15.4. The summed E-state index contributed by atoms with van der Waals surface area (Å²) in [5, 5.41) is 14.2. The van der Waals surface area contributed by atoms with Crippen molar-refractivity contribution in [2.24, 2.45) is 10.9 Å². The van der Waals surface area contributed by atoms with Gasteiger partial charge in [0.2, 0.25) is 6.08 Å². The average Bonchev–Trinajstić information content (AvgIpc) is 2.77. The van der Waals surface area contributed by atoms with Gasteiger partial charge in [-0.05, 0) is 55.7 Å². The van der Waals surface area contributed by atoms with Gasteiger partial charge in [0.25, 0.3) is 0 Å². The van der Waals surface area contributed by atoms with E-state index >= 15 is 0 Å². The third-order valence-corrected chi connectivity index (χ3v) is 4.70. The number of isocyanates is 1. The van der Waals surface area contributed by atoms with Crippen LogP contribution in [0.1, 0.15) is 30.0 Å². The molecule has 0 saturated carbocycles. The molecule has 2 N–H and O–H groups in total. The van der Waals surface area contributed by atoms with Crippen LogP contribution in [0.15, 0.2) is 41.4 Å². The number of nitrogens with zero attached hydrogens (tertiary/aromatic N) is 2. The molecule has 2 amide bonds. The zero-order valence-corrected chi connectivity index (χ0v) is 18.1. The normalized spacial score (nSPS) is 10.8. The molecule has 0 radical (unpaired) electrons. The van der Waals surface area contributed by atoms with Crippen LogP contribution in [0.4, 0.5) is 26.7 Å². The number of anilines is 2. The maximum atomic E-state index is 12.1. The van der Waals surface area contributed by atoms with E-state index in [0.29, 0.717) is 29.0 Å². The molecule has 0 aliphatic heterocycles. The topological polar surface area (TPSA) is 130 Å². The Morgan fingerprint density at radius 2 is 1.56 bits per heavy atom. The molecule has 9 heteroatoms. The summed E-state index contributed by atoms with van der Waals surface area (Å²) in [6.07, 6.45) is 0.745. The fourth-order valence-corrected chi connectivity index (χ4v) is 2.66. The van der Waals surface area contributed by atoms with Crippen molar-refractivity contribution in [3.05, 3.63) is 53.1 Å². The first kappa shape index (κ1) is 24.1. The molecule has 166 valence electrons. The summed E-state index contributed by atoms with van der Waals surface area (Å²) in [5.41, 5.74) is 3.33. The first-order valence-corrected chi connectivity index (χ1v) is 9.93. The minimum absolute atomic E-state index is 0.0456. The molecule has 2 aromatic rings. The Labute approximate surface area is 186 Å². The number of nitriles is 1. The van der Waals surface area contributed by atoms with Gasteiger partial charge in [0, 0.05) is 17.3 Å². The van der Waals surface area contributed by atoms with E-state index < -0.39 is 12.2 Å². The molecule has 0 saturated heterocycles. The Balaban J connectivity index is 1.81. The Bertz CT molecular complexity index is 1070. The number of carbonyl (C=O) groups is 2. The molecule has 0 aliphatic carbocycles. The number of hydrogen-bond acceptors (Lipinski definition) is 7. The van der Waals surface area contributed by atoms with Crippen LogP contribution in [0.25, 0.3) is 0 Å². The van der Waals surface area contributed by atoms with Gasteiger partial charge < -0.3 is 9.47 Å². The Morgan fingerprint density at radius 1 is 1.00 bits per heavy atom.